The second-order valence-electron chi connectivity index (χ2n) is 5.28. The van der Waals surface area contributed by atoms with Gasteiger partial charge in [-0.05, 0) is 39.4 Å². The van der Waals surface area contributed by atoms with Gasteiger partial charge in [-0.1, -0.05) is 11.2 Å². The molecule has 2 heterocycles. The van der Waals surface area contributed by atoms with Crippen LogP contribution < -0.4 is 5.32 Å². The van der Waals surface area contributed by atoms with Crippen LogP contribution in [0.15, 0.2) is 22.0 Å². The van der Waals surface area contributed by atoms with Gasteiger partial charge in [0.1, 0.15) is 5.76 Å². The number of carbonyl (C=O) groups is 1. The number of nitrogens with one attached hydrogen (secondary N) is 1. The standard InChI is InChI=1S/C15H21N3O2S/c1-10-12(11(2)20-17-10)8-15(19)16-9-13(18(3)4)14-6-5-7-21-14/h5-7,13H,8-9H2,1-4H3,(H,16,19)/t13-/m1/s1. The number of thiophene rings is 1. The summed E-state index contributed by atoms with van der Waals surface area (Å²) in [6.45, 7) is 4.28. The third-order valence-electron chi connectivity index (χ3n) is 3.51. The number of nitrogens with zero attached hydrogens (tertiary/aromatic N) is 2. The first-order chi connectivity index (χ1) is 9.99. The van der Waals surface area contributed by atoms with Crippen molar-refractivity contribution in [3.8, 4) is 0 Å². The van der Waals surface area contributed by atoms with Gasteiger partial charge in [0, 0.05) is 17.0 Å². The van der Waals surface area contributed by atoms with Crippen molar-refractivity contribution in [3.63, 3.8) is 0 Å². The van der Waals surface area contributed by atoms with E-state index >= 15 is 0 Å². The Morgan fingerprint density at radius 2 is 2.24 bits per heavy atom. The van der Waals surface area contributed by atoms with Crippen LogP contribution in [0, 0.1) is 13.8 Å². The van der Waals surface area contributed by atoms with Gasteiger partial charge in [0.25, 0.3) is 0 Å². The van der Waals surface area contributed by atoms with Crippen LogP contribution in [-0.4, -0.2) is 36.6 Å². The molecular formula is C15H21N3O2S. The van der Waals surface area contributed by atoms with Gasteiger partial charge in [0.15, 0.2) is 0 Å². The van der Waals surface area contributed by atoms with Crippen molar-refractivity contribution >= 4 is 17.2 Å². The molecule has 2 aromatic rings. The number of rotatable bonds is 6. The van der Waals surface area contributed by atoms with Crippen LogP contribution in [0.5, 0.6) is 0 Å². The van der Waals surface area contributed by atoms with Gasteiger partial charge in [-0.3, -0.25) is 4.79 Å². The molecule has 0 bridgehead atoms. The third kappa shape index (κ3) is 3.92. The molecule has 0 saturated heterocycles. The average molecular weight is 307 g/mol. The van der Waals surface area contributed by atoms with Crippen molar-refractivity contribution in [1.82, 2.24) is 15.4 Å². The molecule has 1 amide bonds. The van der Waals surface area contributed by atoms with E-state index in [0.717, 1.165) is 11.3 Å². The quantitative estimate of drug-likeness (QED) is 0.890. The van der Waals surface area contributed by atoms with Crippen LogP contribution in [0.2, 0.25) is 0 Å². The summed E-state index contributed by atoms with van der Waals surface area (Å²) in [5.74, 6) is 0.706. The lowest BCUT2D eigenvalue weighted by Crippen LogP contribution is -2.35. The fourth-order valence-electron chi connectivity index (χ4n) is 2.21. The molecule has 2 aromatic heterocycles. The highest BCUT2D eigenvalue weighted by Crippen LogP contribution is 2.22. The second kappa shape index (κ2) is 6.87. The van der Waals surface area contributed by atoms with E-state index in [4.69, 9.17) is 4.52 Å². The lowest BCUT2D eigenvalue weighted by Gasteiger charge is -2.23. The number of hydrogen-bond donors (Lipinski definition) is 1. The van der Waals surface area contributed by atoms with Gasteiger partial charge in [-0.2, -0.15) is 0 Å². The summed E-state index contributed by atoms with van der Waals surface area (Å²) in [6.07, 6.45) is 0.311. The van der Waals surface area contributed by atoms with Crippen LogP contribution in [-0.2, 0) is 11.2 Å². The molecular weight excluding hydrogens is 286 g/mol. The number of aryl methyl sites for hydroxylation is 2. The summed E-state index contributed by atoms with van der Waals surface area (Å²) in [5, 5.41) is 8.93. The predicted octanol–water partition coefficient (Wildman–Crippen LogP) is 2.31. The number of carbonyl (C=O) groups excluding carboxylic acids is 1. The van der Waals surface area contributed by atoms with E-state index in [9.17, 15) is 4.79 Å². The molecule has 0 unspecified atom stereocenters. The van der Waals surface area contributed by atoms with Gasteiger partial charge in [0.05, 0.1) is 18.2 Å². The van der Waals surface area contributed by atoms with Gasteiger partial charge in [0.2, 0.25) is 5.91 Å². The first-order valence-corrected chi connectivity index (χ1v) is 7.75. The number of hydrogen-bond acceptors (Lipinski definition) is 5. The summed E-state index contributed by atoms with van der Waals surface area (Å²) in [5.41, 5.74) is 1.66. The van der Waals surface area contributed by atoms with Crippen molar-refractivity contribution in [2.75, 3.05) is 20.6 Å². The molecule has 0 radical (unpaired) electrons. The Morgan fingerprint density at radius 1 is 1.48 bits per heavy atom. The molecule has 0 aliphatic heterocycles. The molecule has 0 aromatic carbocycles. The van der Waals surface area contributed by atoms with Crippen LogP contribution in [0.4, 0.5) is 0 Å². The Balaban J connectivity index is 1.94. The van der Waals surface area contributed by atoms with Gasteiger partial charge >= 0.3 is 0 Å². The largest absolute Gasteiger partial charge is 0.361 e. The van der Waals surface area contributed by atoms with E-state index in [-0.39, 0.29) is 11.9 Å². The average Bonchev–Trinajstić information content (AvgIpc) is 3.04. The summed E-state index contributed by atoms with van der Waals surface area (Å²) < 4.78 is 5.08. The zero-order valence-corrected chi connectivity index (χ0v) is 13.7. The lowest BCUT2D eigenvalue weighted by molar-refractivity contribution is -0.120. The topological polar surface area (TPSA) is 58.4 Å². The van der Waals surface area contributed by atoms with Crippen molar-refractivity contribution in [1.29, 1.82) is 0 Å². The number of likely N-dealkylation sites (N-methyl/N-ethyl adjacent to an activating group) is 1. The molecule has 0 fully saturated rings. The molecule has 114 valence electrons. The van der Waals surface area contributed by atoms with Crippen LogP contribution in [0.25, 0.3) is 0 Å². The van der Waals surface area contributed by atoms with Gasteiger partial charge < -0.3 is 14.7 Å². The molecule has 1 N–H and O–H groups in total. The Labute approximate surface area is 128 Å². The second-order valence-corrected chi connectivity index (χ2v) is 6.26. The number of amides is 1. The van der Waals surface area contributed by atoms with Crippen LogP contribution in [0.1, 0.15) is 27.9 Å². The molecule has 5 nitrogen and oxygen atoms in total. The normalized spacial score (nSPS) is 12.6. The fraction of sp³-hybridized carbons (Fsp3) is 0.467. The lowest BCUT2D eigenvalue weighted by atomic mass is 10.1. The molecule has 0 saturated carbocycles. The highest BCUT2D eigenvalue weighted by molar-refractivity contribution is 7.10. The maximum atomic E-state index is 12.1. The minimum atomic E-state index is -0.00666. The first kappa shape index (κ1) is 15.7. The van der Waals surface area contributed by atoms with Crippen molar-refractivity contribution < 1.29 is 9.32 Å². The molecule has 21 heavy (non-hydrogen) atoms. The van der Waals surface area contributed by atoms with E-state index < -0.39 is 0 Å². The smallest absolute Gasteiger partial charge is 0.224 e. The molecule has 1 atom stereocenters. The summed E-state index contributed by atoms with van der Waals surface area (Å²) in [4.78, 5) is 15.5. The van der Waals surface area contributed by atoms with Crippen LogP contribution in [0.3, 0.4) is 0 Å². The Bertz CT molecular complexity index is 571. The summed E-state index contributed by atoms with van der Waals surface area (Å²) in [6, 6.07) is 4.32. The number of aromatic nitrogens is 1. The SMILES string of the molecule is Cc1noc(C)c1CC(=O)NC[C@H](c1cccs1)N(C)C. The van der Waals surface area contributed by atoms with Crippen LogP contribution >= 0.6 is 11.3 Å². The maximum Gasteiger partial charge on any atom is 0.224 e. The highest BCUT2D eigenvalue weighted by Gasteiger charge is 2.18. The molecule has 0 spiro atoms. The fourth-order valence-corrected chi connectivity index (χ4v) is 3.13. The van der Waals surface area contributed by atoms with E-state index in [1.54, 1.807) is 11.3 Å². The third-order valence-corrected chi connectivity index (χ3v) is 4.48. The Hall–Kier alpha value is -1.66. The van der Waals surface area contributed by atoms with E-state index in [2.05, 4.69) is 26.8 Å². The van der Waals surface area contributed by atoms with E-state index in [1.165, 1.54) is 4.88 Å². The summed E-state index contributed by atoms with van der Waals surface area (Å²) >= 11 is 1.70. The van der Waals surface area contributed by atoms with Crippen molar-refractivity contribution in [2.45, 2.75) is 26.3 Å². The minimum Gasteiger partial charge on any atom is -0.361 e. The minimum absolute atomic E-state index is 0.00666. The monoisotopic (exact) mass is 307 g/mol. The maximum absolute atomic E-state index is 12.1. The van der Waals surface area contributed by atoms with Crippen molar-refractivity contribution in [2.24, 2.45) is 0 Å². The van der Waals surface area contributed by atoms with E-state index in [0.29, 0.717) is 18.7 Å². The predicted molar refractivity (Wildman–Crippen MR) is 83.4 cm³/mol. The van der Waals surface area contributed by atoms with E-state index in [1.807, 2.05) is 34.0 Å². The molecule has 2 rings (SSSR count). The zero-order chi connectivity index (χ0) is 15.4. The molecule has 0 aliphatic carbocycles. The highest BCUT2D eigenvalue weighted by atomic mass is 32.1. The summed E-state index contributed by atoms with van der Waals surface area (Å²) in [7, 11) is 4.04. The molecule has 0 aliphatic rings. The van der Waals surface area contributed by atoms with Gasteiger partial charge in [-0.15, -0.1) is 11.3 Å². The Morgan fingerprint density at radius 3 is 2.76 bits per heavy atom. The molecule has 6 heteroatoms. The Kier molecular flexibility index (Phi) is 5.14. The van der Waals surface area contributed by atoms with Crippen molar-refractivity contribution in [3.05, 3.63) is 39.4 Å². The first-order valence-electron chi connectivity index (χ1n) is 6.87. The van der Waals surface area contributed by atoms with Gasteiger partial charge in [-0.25, -0.2) is 0 Å². The zero-order valence-electron chi connectivity index (χ0n) is 12.8.